The average molecular weight is 377 g/mol. The number of hydrogen-bond donors (Lipinski definition) is 0. The molecule has 1 aliphatic heterocycles. The molecule has 0 unspecified atom stereocenters. The van der Waals surface area contributed by atoms with Crippen molar-refractivity contribution in [2.24, 2.45) is 0 Å². The van der Waals surface area contributed by atoms with Gasteiger partial charge >= 0.3 is 0 Å². The summed E-state index contributed by atoms with van der Waals surface area (Å²) < 4.78 is 0. The van der Waals surface area contributed by atoms with Gasteiger partial charge in [0.05, 0.1) is 5.69 Å². The van der Waals surface area contributed by atoms with E-state index in [1.54, 1.807) is 18.3 Å². The van der Waals surface area contributed by atoms with E-state index < -0.39 is 0 Å². The molecule has 1 aromatic heterocycles. The van der Waals surface area contributed by atoms with Gasteiger partial charge in [0, 0.05) is 19.0 Å². The van der Waals surface area contributed by atoms with Crippen molar-refractivity contribution in [2.45, 2.75) is 39.0 Å². The number of hydrogen-bond acceptors (Lipinski definition) is 3. The lowest BCUT2D eigenvalue weighted by atomic mass is 10.0. The third-order valence-electron chi connectivity index (χ3n) is 5.09. The summed E-state index contributed by atoms with van der Waals surface area (Å²) in [7, 11) is 0. The summed E-state index contributed by atoms with van der Waals surface area (Å²) in [4.78, 5) is 18.8. The molecule has 4 heteroatoms. The summed E-state index contributed by atoms with van der Waals surface area (Å²) in [5, 5.41) is 2.06. The molecule has 3 nitrogen and oxygen atoms in total. The second-order valence-electron chi connectivity index (χ2n) is 7.08. The zero-order valence-electron chi connectivity index (χ0n) is 15.6. The van der Waals surface area contributed by atoms with Gasteiger partial charge in [0.1, 0.15) is 10.0 Å². The molecule has 0 fully saturated rings. The van der Waals surface area contributed by atoms with Crippen LogP contribution >= 0.6 is 11.3 Å². The van der Waals surface area contributed by atoms with E-state index in [1.165, 1.54) is 11.1 Å². The first kappa shape index (κ1) is 17.9. The number of aromatic nitrogens is 1. The van der Waals surface area contributed by atoms with E-state index >= 15 is 0 Å². The van der Waals surface area contributed by atoms with Gasteiger partial charge in [-0.2, -0.15) is 0 Å². The maximum Gasteiger partial charge on any atom is 0.224 e. The Bertz CT molecular complexity index is 915. The fourth-order valence-electron chi connectivity index (χ4n) is 3.55. The number of aryl methyl sites for hydroxylation is 3. The summed E-state index contributed by atoms with van der Waals surface area (Å²) in [5.41, 5.74) is 4.93. The predicted molar refractivity (Wildman–Crippen MR) is 112 cm³/mol. The number of rotatable bonds is 4. The van der Waals surface area contributed by atoms with Gasteiger partial charge in [-0.3, -0.25) is 4.79 Å². The topological polar surface area (TPSA) is 33.2 Å². The normalized spacial score (nSPS) is 13.9. The predicted octanol–water partition coefficient (Wildman–Crippen LogP) is 5.28. The molecule has 2 heterocycles. The number of nitrogens with zero attached hydrogens (tertiary/aromatic N) is 2. The Labute approximate surface area is 164 Å². The van der Waals surface area contributed by atoms with Gasteiger partial charge in [-0.1, -0.05) is 65.9 Å². The van der Waals surface area contributed by atoms with Crippen LogP contribution < -0.4 is 4.90 Å². The maximum absolute atomic E-state index is 12.0. The quantitative estimate of drug-likeness (QED) is 0.620. The first-order chi connectivity index (χ1) is 13.2. The number of thiazole rings is 1. The molecular formula is C23H24N2OS. The van der Waals surface area contributed by atoms with Crippen LogP contribution in [0, 0.1) is 0 Å². The minimum absolute atomic E-state index is 0.115. The summed E-state index contributed by atoms with van der Waals surface area (Å²) in [6.07, 6.45) is 5.20. The van der Waals surface area contributed by atoms with Gasteiger partial charge < -0.3 is 4.90 Å². The Hall–Kier alpha value is -2.46. The zero-order valence-corrected chi connectivity index (χ0v) is 16.5. The summed E-state index contributed by atoms with van der Waals surface area (Å²) in [5.74, 6) is 0.115. The van der Waals surface area contributed by atoms with Crippen molar-refractivity contribution in [3.63, 3.8) is 0 Å². The molecule has 0 atom stereocenters. The highest BCUT2D eigenvalue weighted by Gasteiger charge is 2.23. The van der Waals surface area contributed by atoms with Crippen molar-refractivity contribution >= 4 is 22.2 Å². The monoisotopic (exact) mass is 376 g/mol. The number of carbonyl (C=O) groups is 1. The molecule has 0 aliphatic carbocycles. The largest absolute Gasteiger partial charge is 0.302 e. The lowest BCUT2D eigenvalue weighted by molar-refractivity contribution is -0.116. The SMILES string of the molecule is CC(=O)N1CCCCc2nc(-c3ccc(CCc4ccccc4)cc3)sc21. The summed E-state index contributed by atoms with van der Waals surface area (Å²) >= 11 is 1.65. The van der Waals surface area contributed by atoms with Crippen LogP contribution in [0.3, 0.4) is 0 Å². The Kier molecular flexibility index (Phi) is 5.35. The van der Waals surface area contributed by atoms with Gasteiger partial charge in [-0.05, 0) is 43.2 Å². The minimum Gasteiger partial charge on any atom is -0.302 e. The van der Waals surface area contributed by atoms with Gasteiger partial charge in [0.2, 0.25) is 5.91 Å². The van der Waals surface area contributed by atoms with Crippen LogP contribution in [0.4, 0.5) is 5.00 Å². The molecule has 0 radical (unpaired) electrons. The minimum atomic E-state index is 0.115. The summed E-state index contributed by atoms with van der Waals surface area (Å²) in [6, 6.07) is 19.3. The molecule has 1 aliphatic rings. The van der Waals surface area contributed by atoms with Crippen LogP contribution in [0.5, 0.6) is 0 Å². The first-order valence-electron chi connectivity index (χ1n) is 9.62. The van der Waals surface area contributed by atoms with E-state index in [4.69, 9.17) is 4.98 Å². The molecule has 3 aromatic rings. The first-order valence-corrected chi connectivity index (χ1v) is 10.4. The van der Waals surface area contributed by atoms with Crippen molar-refractivity contribution in [1.29, 1.82) is 0 Å². The van der Waals surface area contributed by atoms with E-state index in [0.29, 0.717) is 0 Å². The molecule has 0 saturated heterocycles. The number of carbonyl (C=O) groups excluding carboxylic acids is 1. The van der Waals surface area contributed by atoms with E-state index in [2.05, 4.69) is 54.6 Å². The van der Waals surface area contributed by atoms with Crippen molar-refractivity contribution in [2.75, 3.05) is 11.4 Å². The van der Waals surface area contributed by atoms with Gasteiger partial charge in [-0.15, -0.1) is 0 Å². The molecule has 138 valence electrons. The van der Waals surface area contributed by atoms with Gasteiger partial charge in [0.25, 0.3) is 0 Å². The number of fused-ring (bicyclic) bond motifs is 1. The smallest absolute Gasteiger partial charge is 0.224 e. The Morgan fingerprint density at radius 1 is 1.00 bits per heavy atom. The molecule has 1 amide bonds. The van der Waals surface area contributed by atoms with E-state index in [-0.39, 0.29) is 5.91 Å². The van der Waals surface area contributed by atoms with Crippen LogP contribution in [0.15, 0.2) is 54.6 Å². The van der Waals surface area contributed by atoms with Crippen LogP contribution in [0.25, 0.3) is 10.6 Å². The molecule has 0 bridgehead atoms. The molecule has 27 heavy (non-hydrogen) atoms. The standard InChI is InChI=1S/C23H24N2OS/c1-17(26)25-16-6-5-9-21-23(25)27-22(24-21)20-14-12-19(13-15-20)11-10-18-7-3-2-4-8-18/h2-4,7-8,12-15H,5-6,9-11,16H2,1H3. The Morgan fingerprint density at radius 2 is 1.70 bits per heavy atom. The third-order valence-corrected chi connectivity index (χ3v) is 6.26. The second kappa shape index (κ2) is 8.05. The number of benzene rings is 2. The highest BCUT2D eigenvalue weighted by Crippen LogP contribution is 2.37. The molecule has 2 aromatic carbocycles. The highest BCUT2D eigenvalue weighted by molar-refractivity contribution is 7.19. The average Bonchev–Trinajstić information content (AvgIpc) is 3.01. The fraction of sp³-hybridized carbons (Fsp3) is 0.304. The number of amides is 1. The third kappa shape index (κ3) is 4.11. The second-order valence-corrected chi connectivity index (χ2v) is 8.06. The van der Waals surface area contributed by atoms with Gasteiger partial charge in [0.15, 0.2) is 0 Å². The molecule has 0 spiro atoms. The molecule has 0 N–H and O–H groups in total. The highest BCUT2D eigenvalue weighted by atomic mass is 32.1. The van der Waals surface area contributed by atoms with Crippen LogP contribution in [0.2, 0.25) is 0 Å². The zero-order chi connectivity index (χ0) is 18.6. The lowest BCUT2D eigenvalue weighted by Gasteiger charge is -2.17. The van der Waals surface area contributed by atoms with E-state index in [0.717, 1.165) is 59.9 Å². The molecule has 4 rings (SSSR count). The lowest BCUT2D eigenvalue weighted by Crippen LogP contribution is -2.28. The number of anilines is 1. The maximum atomic E-state index is 12.0. The fourth-order valence-corrected chi connectivity index (χ4v) is 4.74. The van der Waals surface area contributed by atoms with Crippen LogP contribution in [-0.4, -0.2) is 17.4 Å². The molecule has 0 saturated carbocycles. The van der Waals surface area contributed by atoms with Crippen molar-refractivity contribution < 1.29 is 4.79 Å². The van der Waals surface area contributed by atoms with Crippen molar-refractivity contribution in [3.05, 3.63) is 71.4 Å². The van der Waals surface area contributed by atoms with E-state index in [9.17, 15) is 4.79 Å². The summed E-state index contributed by atoms with van der Waals surface area (Å²) in [6.45, 7) is 2.46. The Balaban J connectivity index is 1.51. The van der Waals surface area contributed by atoms with Crippen LogP contribution in [-0.2, 0) is 24.1 Å². The van der Waals surface area contributed by atoms with E-state index in [1.807, 2.05) is 4.90 Å². The van der Waals surface area contributed by atoms with Crippen molar-refractivity contribution in [1.82, 2.24) is 4.98 Å². The van der Waals surface area contributed by atoms with Crippen molar-refractivity contribution in [3.8, 4) is 10.6 Å². The van der Waals surface area contributed by atoms with Gasteiger partial charge in [-0.25, -0.2) is 4.98 Å². The Morgan fingerprint density at radius 3 is 2.41 bits per heavy atom. The molecular weight excluding hydrogens is 352 g/mol. The van der Waals surface area contributed by atoms with Crippen LogP contribution in [0.1, 0.15) is 36.6 Å².